The lowest BCUT2D eigenvalue weighted by atomic mass is 10.1. The molecule has 3 aromatic carbocycles. The number of rotatable bonds is 10. The van der Waals surface area contributed by atoms with Crippen molar-refractivity contribution in [2.45, 2.75) is 0 Å². The number of carbonyl (C=O) groups excluding carboxylic acids is 3. The predicted molar refractivity (Wildman–Crippen MR) is 121 cm³/mol. The molecule has 4 N–H and O–H groups in total. The topological polar surface area (TPSA) is 151 Å². The molecule has 0 amide bonds. The molecule has 0 atom stereocenters. The van der Waals surface area contributed by atoms with Gasteiger partial charge in [-0.15, -0.1) is 11.6 Å². The predicted octanol–water partition coefficient (Wildman–Crippen LogP) is 3.45. The summed E-state index contributed by atoms with van der Waals surface area (Å²) in [6, 6.07) is 11.2. The van der Waals surface area contributed by atoms with Crippen molar-refractivity contribution >= 4 is 29.0 Å². The van der Waals surface area contributed by atoms with Gasteiger partial charge in [-0.25, -0.2) is 0 Å². The van der Waals surface area contributed by atoms with Crippen molar-refractivity contribution in [1.82, 2.24) is 0 Å². The minimum absolute atomic E-state index is 0.00586. The fourth-order valence-corrected chi connectivity index (χ4v) is 2.99. The van der Waals surface area contributed by atoms with Gasteiger partial charge in [-0.2, -0.15) is 0 Å². The Balaban J connectivity index is 1.77. The molecule has 0 saturated heterocycles. The highest BCUT2D eigenvalue weighted by molar-refractivity contribution is 6.30. The quantitative estimate of drug-likeness (QED) is 0.192. The van der Waals surface area contributed by atoms with Crippen LogP contribution in [0.4, 0.5) is 0 Å². The van der Waals surface area contributed by atoms with Crippen LogP contribution < -0.4 is 9.47 Å². The molecule has 0 spiro atoms. The summed E-state index contributed by atoms with van der Waals surface area (Å²) < 4.78 is 11.1. The smallest absolute Gasteiger partial charge is 0.200 e. The Labute approximate surface area is 198 Å². The lowest BCUT2D eigenvalue weighted by Crippen LogP contribution is -2.15. The van der Waals surface area contributed by atoms with Gasteiger partial charge in [-0.1, -0.05) is 0 Å². The van der Waals surface area contributed by atoms with Crippen molar-refractivity contribution in [2.24, 2.45) is 0 Å². The number of ether oxygens (including phenoxy) is 2. The van der Waals surface area contributed by atoms with Gasteiger partial charge in [-0.3, -0.25) is 14.4 Å². The van der Waals surface area contributed by atoms with Gasteiger partial charge in [0.05, 0.1) is 5.88 Å². The average molecular weight is 487 g/mol. The summed E-state index contributed by atoms with van der Waals surface area (Å²) in [6.07, 6.45) is 0. The first kappa shape index (κ1) is 24.4. The van der Waals surface area contributed by atoms with Gasteiger partial charge in [-0.05, 0) is 54.6 Å². The molecule has 0 fully saturated rings. The normalized spacial score (nSPS) is 10.5. The van der Waals surface area contributed by atoms with Crippen molar-refractivity contribution in [1.29, 1.82) is 0 Å². The Kier molecular flexibility index (Phi) is 7.60. The first-order valence-electron chi connectivity index (χ1n) is 9.78. The van der Waals surface area contributed by atoms with E-state index in [1.165, 1.54) is 30.3 Å². The third kappa shape index (κ3) is 5.76. The molecule has 0 heterocycles. The van der Waals surface area contributed by atoms with Crippen LogP contribution in [0.2, 0.25) is 0 Å². The van der Waals surface area contributed by atoms with E-state index in [0.29, 0.717) is 0 Å². The molecule has 3 aromatic rings. The fourth-order valence-electron chi connectivity index (χ4n) is 2.84. The number of Topliss-reactive ketones (excluding diaryl/α,β-unsaturated/α-hetero) is 3. The molecule has 0 aliphatic carbocycles. The van der Waals surface area contributed by atoms with E-state index in [1.807, 2.05) is 0 Å². The van der Waals surface area contributed by atoms with Crippen LogP contribution in [-0.2, 0) is 0 Å². The zero-order chi connectivity index (χ0) is 24.8. The molecule has 0 saturated carbocycles. The van der Waals surface area contributed by atoms with Gasteiger partial charge < -0.3 is 29.9 Å². The third-order valence-electron chi connectivity index (χ3n) is 4.70. The maximum atomic E-state index is 12.4. The number of ketones is 3. The molecule has 10 heteroatoms. The van der Waals surface area contributed by atoms with E-state index < -0.39 is 42.1 Å². The number of alkyl halides is 1. The van der Waals surface area contributed by atoms with Crippen LogP contribution in [0, 0.1) is 0 Å². The maximum absolute atomic E-state index is 12.4. The second-order valence-corrected chi connectivity index (χ2v) is 7.32. The minimum Gasteiger partial charge on any atom is -0.504 e. The Morgan fingerprint density at radius 2 is 1.03 bits per heavy atom. The number of hydrogen-bond acceptors (Lipinski definition) is 9. The molecule has 0 bridgehead atoms. The summed E-state index contributed by atoms with van der Waals surface area (Å²) in [4.78, 5) is 36.8. The second kappa shape index (κ2) is 10.6. The van der Waals surface area contributed by atoms with Crippen molar-refractivity contribution in [3.05, 3.63) is 71.3 Å². The van der Waals surface area contributed by atoms with E-state index in [1.54, 1.807) is 0 Å². The van der Waals surface area contributed by atoms with Gasteiger partial charge in [0, 0.05) is 16.7 Å². The van der Waals surface area contributed by atoms with Crippen LogP contribution in [0.15, 0.2) is 54.6 Å². The Hall–Kier alpha value is -4.24. The zero-order valence-electron chi connectivity index (χ0n) is 17.5. The van der Waals surface area contributed by atoms with Crippen molar-refractivity contribution in [3.8, 4) is 34.5 Å². The summed E-state index contributed by atoms with van der Waals surface area (Å²) in [7, 11) is 0. The standard InChI is InChI=1S/C24H19ClO9/c25-10-20(30)15-3-6-23(33-11-21(31)13-1-4-16(26)18(28)7-13)24(9-15)34-12-22(32)14-2-5-17(27)19(29)8-14/h1-9,26-29H,10-12H2. The number of carbonyl (C=O) groups is 3. The molecular formula is C24H19ClO9. The summed E-state index contributed by atoms with van der Waals surface area (Å²) in [5.41, 5.74) is 0.365. The molecule has 0 aromatic heterocycles. The minimum atomic E-state index is -0.536. The van der Waals surface area contributed by atoms with Crippen LogP contribution in [0.3, 0.4) is 0 Å². The van der Waals surface area contributed by atoms with E-state index in [4.69, 9.17) is 21.1 Å². The van der Waals surface area contributed by atoms with Crippen LogP contribution in [-0.4, -0.2) is 56.9 Å². The first-order valence-corrected chi connectivity index (χ1v) is 10.3. The first-order chi connectivity index (χ1) is 16.2. The largest absolute Gasteiger partial charge is 0.504 e. The van der Waals surface area contributed by atoms with Gasteiger partial charge in [0.25, 0.3) is 0 Å². The van der Waals surface area contributed by atoms with Crippen LogP contribution in [0.5, 0.6) is 34.5 Å². The Bertz CT molecular complexity index is 1250. The molecular weight excluding hydrogens is 468 g/mol. The number of benzene rings is 3. The lowest BCUT2D eigenvalue weighted by Gasteiger charge is -2.14. The highest BCUT2D eigenvalue weighted by Crippen LogP contribution is 2.31. The van der Waals surface area contributed by atoms with Crippen molar-refractivity contribution in [3.63, 3.8) is 0 Å². The van der Waals surface area contributed by atoms with E-state index >= 15 is 0 Å². The Morgan fingerprint density at radius 3 is 1.50 bits per heavy atom. The van der Waals surface area contributed by atoms with Crippen LogP contribution in [0.1, 0.15) is 31.1 Å². The third-order valence-corrected chi connectivity index (χ3v) is 4.94. The fraction of sp³-hybridized carbons (Fsp3) is 0.125. The molecule has 0 unspecified atom stereocenters. The summed E-state index contributed by atoms with van der Waals surface area (Å²) >= 11 is 5.61. The second-order valence-electron chi connectivity index (χ2n) is 7.05. The van der Waals surface area contributed by atoms with E-state index in [2.05, 4.69) is 0 Å². The summed E-state index contributed by atoms with van der Waals surface area (Å²) in [5, 5.41) is 37.9. The number of phenols is 4. The van der Waals surface area contributed by atoms with Crippen molar-refractivity contribution < 1.29 is 44.3 Å². The highest BCUT2D eigenvalue weighted by atomic mass is 35.5. The van der Waals surface area contributed by atoms with E-state index in [-0.39, 0.29) is 45.6 Å². The Morgan fingerprint density at radius 1 is 0.588 bits per heavy atom. The van der Waals surface area contributed by atoms with Gasteiger partial charge in [0.15, 0.2) is 65.1 Å². The van der Waals surface area contributed by atoms with Gasteiger partial charge in [0.1, 0.15) is 0 Å². The number of halogens is 1. The molecule has 34 heavy (non-hydrogen) atoms. The zero-order valence-corrected chi connectivity index (χ0v) is 18.3. The number of phenolic OH excluding ortho intramolecular Hbond substituents is 4. The molecule has 0 radical (unpaired) electrons. The number of aromatic hydroxyl groups is 4. The SMILES string of the molecule is O=C(CCl)c1ccc(OCC(=O)c2ccc(O)c(O)c2)c(OCC(=O)c2ccc(O)c(O)c2)c1. The molecule has 0 aliphatic heterocycles. The highest BCUT2D eigenvalue weighted by Gasteiger charge is 2.17. The summed E-state index contributed by atoms with van der Waals surface area (Å²) in [5.74, 6) is -3.37. The summed E-state index contributed by atoms with van der Waals surface area (Å²) in [6.45, 7) is -0.970. The van der Waals surface area contributed by atoms with E-state index in [0.717, 1.165) is 24.3 Å². The van der Waals surface area contributed by atoms with Gasteiger partial charge >= 0.3 is 0 Å². The van der Waals surface area contributed by atoms with Crippen LogP contribution in [0.25, 0.3) is 0 Å². The maximum Gasteiger partial charge on any atom is 0.200 e. The van der Waals surface area contributed by atoms with Crippen LogP contribution >= 0.6 is 11.6 Å². The molecule has 9 nitrogen and oxygen atoms in total. The average Bonchev–Trinajstić information content (AvgIpc) is 2.84. The van der Waals surface area contributed by atoms with E-state index in [9.17, 15) is 34.8 Å². The molecule has 176 valence electrons. The monoisotopic (exact) mass is 486 g/mol. The van der Waals surface area contributed by atoms with Gasteiger partial charge in [0.2, 0.25) is 0 Å². The molecule has 3 rings (SSSR count). The molecule has 0 aliphatic rings. The van der Waals surface area contributed by atoms with Crippen molar-refractivity contribution in [2.75, 3.05) is 19.1 Å². The number of hydrogen-bond donors (Lipinski definition) is 4. The lowest BCUT2D eigenvalue weighted by molar-refractivity contribution is 0.0894.